The largest absolute Gasteiger partial charge is 0.489 e. The van der Waals surface area contributed by atoms with Gasteiger partial charge in [0.15, 0.2) is 0 Å². The quantitative estimate of drug-likeness (QED) is 0.757. The van der Waals surface area contributed by atoms with Crippen LogP contribution in [0.15, 0.2) is 17.0 Å². The van der Waals surface area contributed by atoms with E-state index in [0.717, 1.165) is 5.56 Å². The molecular formula is C16H20ClNO5S. The van der Waals surface area contributed by atoms with Gasteiger partial charge in [-0.15, -0.1) is 0 Å². The number of carbonyl (C=O) groups is 1. The molecule has 0 aromatic heterocycles. The number of carbonyl (C=O) groups excluding carboxylic acids is 1. The number of ether oxygens (including phenoxy) is 2. The van der Waals surface area contributed by atoms with Crippen LogP contribution >= 0.6 is 11.6 Å². The number of esters is 1. The molecule has 24 heavy (non-hydrogen) atoms. The molecule has 8 heteroatoms. The Balaban J connectivity index is 1.95. The number of rotatable bonds is 4. The molecule has 0 aliphatic carbocycles. The molecule has 0 spiro atoms. The first-order valence-corrected chi connectivity index (χ1v) is 9.84. The van der Waals surface area contributed by atoms with E-state index in [1.165, 1.54) is 10.4 Å². The lowest BCUT2D eigenvalue weighted by molar-refractivity contribution is -0.146. The van der Waals surface area contributed by atoms with Crippen LogP contribution in [-0.2, 0) is 26.0 Å². The van der Waals surface area contributed by atoms with Gasteiger partial charge in [0.25, 0.3) is 0 Å². The van der Waals surface area contributed by atoms with Crippen molar-refractivity contribution in [2.24, 2.45) is 0 Å². The van der Waals surface area contributed by atoms with Crippen LogP contribution < -0.4 is 4.74 Å². The predicted molar refractivity (Wildman–Crippen MR) is 88.8 cm³/mol. The van der Waals surface area contributed by atoms with Crippen LogP contribution in [0.5, 0.6) is 5.75 Å². The van der Waals surface area contributed by atoms with Crippen LogP contribution in [0.2, 0.25) is 5.02 Å². The smallest absolute Gasteiger partial charge is 0.324 e. The van der Waals surface area contributed by atoms with Gasteiger partial charge >= 0.3 is 5.97 Å². The van der Waals surface area contributed by atoms with E-state index in [-0.39, 0.29) is 22.6 Å². The molecule has 2 atom stereocenters. The lowest BCUT2D eigenvalue weighted by atomic mass is 10.1. The van der Waals surface area contributed by atoms with E-state index in [4.69, 9.17) is 21.1 Å². The molecule has 2 aliphatic heterocycles. The van der Waals surface area contributed by atoms with Gasteiger partial charge in [0.2, 0.25) is 10.0 Å². The molecule has 132 valence electrons. The monoisotopic (exact) mass is 373 g/mol. The van der Waals surface area contributed by atoms with Gasteiger partial charge in [0, 0.05) is 18.5 Å². The van der Waals surface area contributed by atoms with Crippen molar-refractivity contribution in [3.8, 4) is 5.75 Å². The molecule has 1 aromatic carbocycles. The zero-order chi connectivity index (χ0) is 17.5. The number of hydrogen-bond acceptors (Lipinski definition) is 5. The second kappa shape index (κ2) is 6.54. The minimum absolute atomic E-state index is 0.0329. The molecule has 3 rings (SSSR count). The first kappa shape index (κ1) is 17.5. The van der Waals surface area contributed by atoms with E-state index in [0.29, 0.717) is 31.6 Å². The van der Waals surface area contributed by atoms with Crippen molar-refractivity contribution >= 4 is 27.6 Å². The Morgan fingerprint density at radius 2 is 2.21 bits per heavy atom. The van der Waals surface area contributed by atoms with Gasteiger partial charge in [-0.05, 0) is 38.8 Å². The molecule has 0 saturated carbocycles. The number of hydrogen-bond donors (Lipinski definition) is 0. The summed E-state index contributed by atoms with van der Waals surface area (Å²) in [5.41, 5.74) is 0.778. The molecule has 6 nitrogen and oxygen atoms in total. The van der Waals surface area contributed by atoms with Crippen molar-refractivity contribution in [2.45, 2.75) is 50.2 Å². The minimum Gasteiger partial charge on any atom is -0.489 e. The molecular weight excluding hydrogens is 354 g/mol. The van der Waals surface area contributed by atoms with Crippen LogP contribution in [0.1, 0.15) is 32.3 Å². The van der Waals surface area contributed by atoms with Crippen LogP contribution in [0.4, 0.5) is 0 Å². The van der Waals surface area contributed by atoms with Crippen molar-refractivity contribution in [3.63, 3.8) is 0 Å². The Bertz CT molecular complexity index is 764. The Morgan fingerprint density at radius 3 is 2.92 bits per heavy atom. The lowest BCUT2D eigenvalue weighted by Crippen LogP contribution is -2.41. The van der Waals surface area contributed by atoms with E-state index in [9.17, 15) is 13.2 Å². The zero-order valence-corrected chi connectivity index (χ0v) is 15.2. The Hall–Kier alpha value is -1.31. The molecule has 0 bridgehead atoms. The molecule has 0 unspecified atom stereocenters. The summed E-state index contributed by atoms with van der Waals surface area (Å²) in [6.07, 6.45) is 1.67. The Morgan fingerprint density at radius 1 is 1.46 bits per heavy atom. The van der Waals surface area contributed by atoms with Crippen molar-refractivity contribution in [1.29, 1.82) is 0 Å². The number of fused-ring (bicyclic) bond motifs is 1. The summed E-state index contributed by atoms with van der Waals surface area (Å²) in [6, 6.07) is 2.23. The second-order valence-electron chi connectivity index (χ2n) is 6.05. The summed E-state index contributed by atoms with van der Waals surface area (Å²) in [7, 11) is -3.82. The summed E-state index contributed by atoms with van der Waals surface area (Å²) in [5, 5.41) is 0.280. The highest BCUT2D eigenvalue weighted by molar-refractivity contribution is 7.89. The molecule has 0 amide bonds. The summed E-state index contributed by atoms with van der Waals surface area (Å²) >= 11 is 6.20. The van der Waals surface area contributed by atoms with E-state index < -0.39 is 22.0 Å². The molecule has 0 radical (unpaired) electrons. The fourth-order valence-corrected chi connectivity index (χ4v) is 5.32. The Kier molecular flexibility index (Phi) is 4.77. The van der Waals surface area contributed by atoms with Crippen molar-refractivity contribution < 1.29 is 22.7 Å². The summed E-state index contributed by atoms with van der Waals surface area (Å²) in [4.78, 5) is 12.2. The van der Waals surface area contributed by atoms with Gasteiger partial charge in [-0.3, -0.25) is 4.79 Å². The lowest BCUT2D eigenvalue weighted by Gasteiger charge is -2.23. The first-order valence-electron chi connectivity index (χ1n) is 8.02. The van der Waals surface area contributed by atoms with E-state index in [1.54, 1.807) is 13.0 Å². The topological polar surface area (TPSA) is 72.9 Å². The fourth-order valence-electron chi connectivity index (χ4n) is 3.25. The van der Waals surface area contributed by atoms with Gasteiger partial charge in [0.05, 0.1) is 16.5 Å². The molecule has 1 fully saturated rings. The zero-order valence-electron chi connectivity index (χ0n) is 13.6. The van der Waals surface area contributed by atoms with Crippen molar-refractivity contribution in [1.82, 2.24) is 4.31 Å². The molecule has 0 N–H and O–H groups in total. The number of benzene rings is 1. The van der Waals surface area contributed by atoms with Gasteiger partial charge in [-0.2, -0.15) is 4.31 Å². The van der Waals surface area contributed by atoms with Gasteiger partial charge in [0.1, 0.15) is 17.9 Å². The third kappa shape index (κ3) is 3.00. The maximum atomic E-state index is 13.0. The second-order valence-corrected chi connectivity index (χ2v) is 8.35. The first-order chi connectivity index (χ1) is 11.3. The highest BCUT2D eigenvalue weighted by Crippen LogP contribution is 2.39. The fraction of sp³-hybridized carbons (Fsp3) is 0.562. The van der Waals surface area contributed by atoms with Crippen LogP contribution in [0.3, 0.4) is 0 Å². The molecule has 2 aliphatic rings. The highest BCUT2D eigenvalue weighted by atomic mass is 35.5. The molecule has 1 saturated heterocycles. The van der Waals surface area contributed by atoms with E-state index in [2.05, 4.69) is 0 Å². The summed E-state index contributed by atoms with van der Waals surface area (Å²) < 4.78 is 37.9. The van der Waals surface area contributed by atoms with E-state index in [1.807, 2.05) is 6.92 Å². The number of halogens is 1. The minimum atomic E-state index is -3.82. The average Bonchev–Trinajstić information content (AvgIpc) is 3.13. The normalized spacial score (nSPS) is 23.8. The maximum absolute atomic E-state index is 13.0. The molecule has 2 heterocycles. The van der Waals surface area contributed by atoms with Crippen LogP contribution in [-0.4, -0.2) is 44.0 Å². The van der Waals surface area contributed by atoms with E-state index >= 15 is 0 Å². The van der Waals surface area contributed by atoms with Gasteiger partial charge < -0.3 is 9.47 Å². The SMILES string of the molecule is CCOC(=O)[C@@H]1CCCN1S(=O)(=O)c1cc(Cl)c2c(c1)C[C@H](C)O2. The third-order valence-corrected chi connectivity index (χ3v) is 6.46. The standard InChI is InChI=1S/C16H20ClNO5S/c1-3-22-16(19)14-5-4-6-18(14)24(20,21)12-8-11-7-10(2)23-15(11)13(17)9-12/h8-10,14H,3-7H2,1-2H3/t10-,14-/m0/s1. The van der Waals surface area contributed by atoms with Gasteiger partial charge in [-0.25, -0.2) is 8.42 Å². The summed E-state index contributed by atoms with van der Waals surface area (Å²) in [5.74, 6) is 0.0502. The highest BCUT2D eigenvalue weighted by Gasteiger charge is 2.41. The average molecular weight is 374 g/mol. The molecule has 1 aromatic rings. The predicted octanol–water partition coefficient (Wildman–Crippen LogP) is 2.38. The number of sulfonamides is 1. The summed E-state index contributed by atoms with van der Waals surface area (Å²) in [6.45, 7) is 4.13. The Labute approximate surface area is 146 Å². The third-order valence-electron chi connectivity index (χ3n) is 4.29. The maximum Gasteiger partial charge on any atom is 0.324 e. The van der Waals surface area contributed by atoms with Crippen molar-refractivity contribution in [2.75, 3.05) is 13.2 Å². The van der Waals surface area contributed by atoms with Gasteiger partial charge in [-0.1, -0.05) is 11.6 Å². The number of nitrogens with zero attached hydrogens (tertiary/aromatic N) is 1. The van der Waals surface area contributed by atoms with Crippen molar-refractivity contribution in [3.05, 3.63) is 22.7 Å². The van der Waals surface area contributed by atoms with Crippen LogP contribution in [0, 0.1) is 0 Å². The van der Waals surface area contributed by atoms with Crippen LogP contribution in [0.25, 0.3) is 0 Å².